The minimum atomic E-state index is -0.666. The molecule has 2 rings (SSSR count). The number of rotatable bonds is 5. The van der Waals surface area contributed by atoms with Crippen molar-refractivity contribution in [1.82, 2.24) is 10.2 Å². The number of amides is 2. The van der Waals surface area contributed by atoms with E-state index in [9.17, 15) is 14.4 Å². The van der Waals surface area contributed by atoms with Crippen LogP contribution >= 0.6 is 0 Å². The van der Waals surface area contributed by atoms with Crippen molar-refractivity contribution in [3.63, 3.8) is 0 Å². The fourth-order valence-corrected chi connectivity index (χ4v) is 2.76. The number of carbonyl (C=O) groups excluding carboxylic acids is 3. The average Bonchev–Trinajstić information content (AvgIpc) is 2.66. The molecule has 136 valence electrons. The van der Waals surface area contributed by atoms with Crippen molar-refractivity contribution < 1.29 is 23.9 Å². The van der Waals surface area contributed by atoms with E-state index in [0.717, 1.165) is 11.3 Å². The molecule has 1 aliphatic heterocycles. The zero-order valence-electron chi connectivity index (χ0n) is 14.6. The van der Waals surface area contributed by atoms with Crippen LogP contribution in [0, 0.1) is 5.92 Å². The van der Waals surface area contributed by atoms with Gasteiger partial charge in [-0.1, -0.05) is 12.1 Å². The number of nitrogens with zero attached hydrogens (tertiary/aromatic N) is 1. The Morgan fingerprint density at radius 3 is 2.60 bits per heavy atom. The second-order valence-electron chi connectivity index (χ2n) is 5.87. The lowest BCUT2D eigenvalue weighted by molar-refractivity contribution is -0.154. The molecule has 1 heterocycles. The summed E-state index contributed by atoms with van der Waals surface area (Å²) < 4.78 is 10.1. The summed E-state index contributed by atoms with van der Waals surface area (Å²) in [6.07, 6.45) is 1.36. The van der Waals surface area contributed by atoms with E-state index in [4.69, 9.17) is 9.47 Å². The fourth-order valence-electron chi connectivity index (χ4n) is 2.76. The molecule has 0 aromatic heterocycles. The van der Waals surface area contributed by atoms with E-state index in [-0.39, 0.29) is 25.0 Å². The highest BCUT2D eigenvalue weighted by atomic mass is 16.5. The van der Waals surface area contributed by atoms with E-state index < -0.39 is 11.8 Å². The molecule has 0 bridgehead atoms. The van der Waals surface area contributed by atoms with Gasteiger partial charge in [0, 0.05) is 19.6 Å². The topological polar surface area (TPSA) is 84.9 Å². The Morgan fingerprint density at radius 1 is 1.24 bits per heavy atom. The van der Waals surface area contributed by atoms with Crippen LogP contribution in [-0.2, 0) is 25.7 Å². The number of benzene rings is 1. The van der Waals surface area contributed by atoms with Crippen LogP contribution < -0.4 is 10.1 Å². The third-order valence-electron chi connectivity index (χ3n) is 4.13. The molecule has 7 heteroatoms. The number of ether oxygens (including phenoxy) is 2. The molecule has 1 aromatic rings. The molecule has 1 aliphatic rings. The number of likely N-dealkylation sites (tertiary alicyclic amines) is 1. The first-order valence-electron chi connectivity index (χ1n) is 8.41. The van der Waals surface area contributed by atoms with Crippen LogP contribution in [0.15, 0.2) is 24.3 Å². The van der Waals surface area contributed by atoms with E-state index in [1.54, 1.807) is 26.2 Å². The summed E-state index contributed by atoms with van der Waals surface area (Å²) in [5, 5.41) is 2.62. The Balaban J connectivity index is 1.85. The van der Waals surface area contributed by atoms with Crippen LogP contribution in [0.2, 0.25) is 0 Å². The molecule has 1 atom stereocenters. The molecule has 1 N–H and O–H groups in total. The zero-order chi connectivity index (χ0) is 18.2. The fraction of sp³-hybridized carbons (Fsp3) is 0.500. The minimum Gasteiger partial charge on any atom is -0.497 e. The average molecular weight is 348 g/mol. The lowest BCUT2D eigenvalue weighted by Crippen LogP contribution is -2.48. The molecule has 0 radical (unpaired) electrons. The second kappa shape index (κ2) is 9.05. The van der Waals surface area contributed by atoms with Crippen LogP contribution in [0.4, 0.5) is 0 Å². The maximum atomic E-state index is 12.3. The molecule has 1 fully saturated rings. The molecule has 1 aromatic carbocycles. The van der Waals surface area contributed by atoms with Crippen molar-refractivity contribution in [2.24, 2.45) is 5.92 Å². The molecule has 1 saturated heterocycles. The van der Waals surface area contributed by atoms with Gasteiger partial charge in [-0.15, -0.1) is 0 Å². The molecule has 1 unspecified atom stereocenters. The van der Waals surface area contributed by atoms with Gasteiger partial charge < -0.3 is 19.7 Å². The Morgan fingerprint density at radius 2 is 1.96 bits per heavy atom. The third kappa shape index (κ3) is 5.20. The first-order chi connectivity index (χ1) is 12.0. The zero-order valence-corrected chi connectivity index (χ0v) is 14.6. The Labute approximate surface area is 147 Å². The summed E-state index contributed by atoms with van der Waals surface area (Å²) in [5.41, 5.74) is 0.866. The van der Waals surface area contributed by atoms with Crippen LogP contribution in [0.5, 0.6) is 5.75 Å². The lowest BCUT2D eigenvalue weighted by atomic mass is 9.98. The van der Waals surface area contributed by atoms with E-state index in [2.05, 4.69) is 5.32 Å². The quantitative estimate of drug-likeness (QED) is 0.636. The van der Waals surface area contributed by atoms with Crippen molar-refractivity contribution in [3.05, 3.63) is 29.8 Å². The molecular weight excluding hydrogens is 324 g/mol. The van der Waals surface area contributed by atoms with Crippen molar-refractivity contribution >= 4 is 17.8 Å². The molecule has 0 spiro atoms. The Kier molecular flexibility index (Phi) is 6.80. The van der Waals surface area contributed by atoms with Crippen LogP contribution in [0.1, 0.15) is 25.3 Å². The predicted molar refractivity (Wildman–Crippen MR) is 90.8 cm³/mol. The van der Waals surface area contributed by atoms with E-state index in [0.29, 0.717) is 26.0 Å². The summed E-state index contributed by atoms with van der Waals surface area (Å²) in [6, 6.07) is 7.22. The van der Waals surface area contributed by atoms with Gasteiger partial charge in [-0.05, 0) is 37.5 Å². The standard InChI is InChI=1S/C18H24N2O5/c1-3-25-18(23)14-5-4-10-20(12-14)17(22)16(21)19-11-13-6-8-15(24-2)9-7-13/h6-9,14H,3-5,10-12H2,1-2H3,(H,19,21). The maximum absolute atomic E-state index is 12.3. The molecular formula is C18H24N2O5. The summed E-state index contributed by atoms with van der Waals surface area (Å²) in [7, 11) is 1.58. The molecule has 2 amide bonds. The number of esters is 1. The largest absolute Gasteiger partial charge is 0.497 e. The molecule has 0 aliphatic carbocycles. The van der Waals surface area contributed by atoms with E-state index in [1.807, 2.05) is 12.1 Å². The van der Waals surface area contributed by atoms with Gasteiger partial charge in [-0.25, -0.2) is 0 Å². The van der Waals surface area contributed by atoms with Gasteiger partial charge in [0.05, 0.1) is 19.6 Å². The van der Waals surface area contributed by atoms with Crippen molar-refractivity contribution in [2.45, 2.75) is 26.3 Å². The normalized spacial score (nSPS) is 16.9. The van der Waals surface area contributed by atoms with Gasteiger partial charge in [-0.3, -0.25) is 14.4 Å². The van der Waals surface area contributed by atoms with Crippen LogP contribution in [0.25, 0.3) is 0 Å². The van der Waals surface area contributed by atoms with Gasteiger partial charge in [0.1, 0.15) is 5.75 Å². The van der Waals surface area contributed by atoms with Crippen LogP contribution in [0.3, 0.4) is 0 Å². The summed E-state index contributed by atoms with van der Waals surface area (Å²) in [5.74, 6) is -1.21. The number of piperidine rings is 1. The van der Waals surface area contributed by atoms with Gasteiger partial charge in [-0.2, -0.15) is 0 Å². The van der Waals surface area contributed by atoms with Crippen molar-refractivity contribution in [2.75, 3.05) is 26.8 Å². The van der Waals surface area contributed by atoms with Crippen molar-refractivity contribution in [3.8, 4) is 5.75 Å². The Hall–Kier alpha value is -2.57. The first kappa shape index (κ1) is 18.8. The summed E-state index contributed by atoms with van der Waals surface area (Å²) >= 11 is 0. The SMILES string of the molecule is CCOC(=O)C1CCCN(C(=O)C(=O)NCc2ccc(OC)cc2)C1. The Bertz CT molecular complexity index is 614. The van der Waals surface area contributed by atoms with Crippen LogP contribution in [-0.4, -0.2) is 49.5 Å². The summed E-state index contributed by atoms with van der Waals surface area (Å²) in [4.78, 5) is 37.6. The lowest BCUT2D eigenvalue weighted by Gasteiger charge is -2.31. The molecule has 0 saturated carbocycles. The highest BCUT2D eigenvalue weighted by Crippen LogP contribution is 2.18. The monoisotopic (exact) mass is 348 g/mol. The third-order valence-corrected chi connectivity index (χ3v) is 4.13. The molecule has 7 nitrogen and oxygen atoms in total. The maximum Gasteiger partial charge on any atom is 0.311 e. The summed E-state index contributed by atoms with van der Waals surface area (Å²) in [6.45, 7) is 3.02. The van der Waals surface area contributed by atoms with E-state index >= 15 is 0 Å². The van der Waals surface area contributed by atoms with Gasteiger partial charge in [0.2, 0.25) is 0 Å². The van der Waals surface area contributed by atoms with Gasteiger partial charge in [0.25, 0.3) is 0 Å². The predicted octanol–water partition coefficient (Wildman–Crippen LogP) is 1.11. The highest BCUT2D eigenvalue weighted by Gasteiger charge is 2.31. The first-order valence-corrected chi connectivity index (χ1v) is 8.41. The number of methoxy groups -OCH3 is 1. The number of nitrogens with one attached hydrogen (secondary N) is 1. The smallest absolute Gasteiger partial charge is 0.311 e. The number of carbonyl (C=O) groups is 3. The van der Waals surface area contributed by atoms with Gasteiger partial charge in [0.15, 0.2) is 0 Å². The number of hydrogen-bond acceptors (Lipinski definition) is 5. The van der Waals surface area contributed by atoms with Gasteiger partial charge >= 0.3 is 17.8 Å². The second-order valence-corrected chi connectivity index (χ2v) is 5.87. The minimum absolute atomic E-state index is 0.230. The number of hydrogen-bond donors (Lipinski definition) is 1. The highest BCUT2D eigenvalue weighted by molar-refractivity contribution is 6.35. The molecule has 25 heavy (non-hydrogen) atoms. The van der Waals surface area contributed by atoms with E-state index in [1.165, 1.54) is 4.90 Å². The van der Waals surface area contributed by atoms with Crippen molar-refractivity contribution in [1.29, 1.82) is 0 Å².